The molecule has 1 fully saturated rings. The van der Waals surface area contributed by atoms with E-state index in [1.54, 1.807) is 0 Å². The van der Waals surface area contributed by atoms with E-state index in [4.69, 9.17) is 4.74 Å². The van der Waals surface area contributed by atoms with Crippen LogP contribution in [0.1, 0.15) is 25.0 Å². The highest BCUT2D eigenvalue weighted by molar-refractivity contribution is 5.81. The Labute approximate surface area is 107 Å². The lowest BCUT2D eigenvalue weighted by Crippen LogP contribution is -2.39. The summed E-state index contributed by atoms with van der Waals surface area (Å²) in [5, 5.41) is 12.7. The normalized spacial score (nSPS) is 24.8. The first kappa shape index (κ1) is 13.1. The van der Waals surface area contributed by atoms with Crippen molar-refractivity contribution >= 4 is 5.91 Å². The number of carbonyl (C=O) groups excluding carboxylic acids is 1. The van der Waals surface area contributed by atoms with Gasteiger partial charge in [0, 0.05) is 13.2 Å². The molecule has 18 heavy (non-hydrogen) atoms. The van der Waals surface area contributed by atoms with Crippen molar-refractivity contribution in [3.63, 3.8) is 0 Å². The molecule has 2 N–H and O–H groups in total. The highest BCUT2D eigenvalue weighted by Crippen LogP contribution is 2.20. The van der Waals surface area contributed by atoms with Gasteiger partial charge in [-0.25, -0.2) is 0 Å². The summed E-state index contributed by atoms with van der Waals surface area (Å²) in [6.45, 7) is 2.86. The number of rotatable bonds is 4. The minimum Gasteiger partial charge on any atom is -0.387 e. The molecule has 1 aromatic carbocycles. The SMILES string of the molecule is CC1CCOC1C(=O)NCC(O)c1ccccc1. The fourth-order valence-electron chi connectivity index (χ4n) is 2.12. The standard InChI is InChI=1S/C14H19NO3/c1-10-7-8-18-13(10)14(17)15-9-12(16)11-5-3-2-4-6-11/h2-6,10,12-13,16H,7-9H2,1H3,(H,15,17). The maximum absolute atomic E-state index is 11.8. The van der Waals surface area contributed by atoms with Crippen LogP contribution in [-0.4, -0.2) is 30.3 Å². The van der Waals surface area contributed by atoms with Gasteiger partial charge in [-0.1, -0.05) is 37.3 Å². The minimum atomic E-state index is -0.674. The Morgan fingerprint density at radius 2 is 2.22 bits per heavy atom. The van der Waals surface area contributed by atoms with Crippen molar-refractivity contribution in [3.05, 3.63) is 35.9 Å². The number of aliphatic hydroxyl groups is 1. The Bertz CT molecular complexity index is 393. The Morgan fingerprint density at radius 3 is 2.83 bits per heavy atom. The van der Waals surface area contributed by atoms with Crippen LogP contribution in [-0.2, 0) is 9.53 Å². The van der Waals surface area contributed by atoms with Crippen LogP contribution in [0.25, 0.3) is 0 Å². The van der Waals surface area contributed by atoms with Crippen LogP contribution in [0, 0.1) is 5.92 Å². The zero-order chi connectivity index (χ0) is 13.0. The van der Waals surface area contributed by atoms with E-state index in [1.807, 2.05) is 37.3 Å². The molecule has 0 spiro atoms. The average molecular weight is 249 g/mol. The molecule has 1 saturated heterocycles. The lowest BCUT2D eigenvalue weighted by molar-refractivity contribution is -0.131. The van der Waals surface area contributed by atoms with E-state index >= 15 is 0 Å². The molecule has 1 amide bonds. The molecule has 0 saturated carbocycles. The molecule has 2 rings (SSSR count). The predicted molar refractivity (Wildman–Crippen MR) is 67.9 cm³/mol. The Balaban J connectivity index is 1.83. The van der Waals surface area contributed by atoms with E-state index in [-0.39, 0.29) is 24.5 Å². The molecule has 3 atom stereocenters. The second kappa shape index (κ2) is 5.98. The van der Waals surface area contributed by atoms with Gasteiger partial charge in [-0.15, -0.1) is 0 Å². The van der Waals surface area contributed by atoms with Crippen LogP contribution in [0.4, 0.5) is 0 Å². The molecular weight excluding hydrogens is 230 g/mol. The lowest BCUT2D eigenvalue weighted by atomic mass is 10.0. The fraction of sp³-hybridized carbons (Fsp3) is 0.500. The lowest BCUT2D eigenvalue weighted by Gasteiger charge is -2.17. The van der Waals surface area contributed by atoms with Gasteiger partial charge in [-0.3, -0.25) is 4.79 Å². The van der Waals surface area contributed by atoms with Crippen LogP contribution in [0.5, 0.6) is 0 Å². The third kappa shape index (κ3) is 3.09. The van der Waals surface area contributed by atoms with Crippen molar-refractivity contribution in [2.24, 2.45) is 5.92 Å². The fourth-order valence-corrected chi connectivity index (χ4v) is 2.12. The smallest absolute Gasteiger partial charge is 0.249 e. The van der Waals surface area contributed by atoms with Gasteiger partial charge in [0.05, 0.1) is 6.10 Å². The van der Waals surface area contributed by atoms with Crippen LogP contribution < -0.4 is 5.32 Å². The van der Waals surface area contributed by atoms with E-state index in [0.29, 0.717) is 6.61 Å². The summed E-state index contributed by atoms with van der Waals surface area (Å²) in [6.07, 6.45) is -0.126. The molecular formula is C14H19NO3. The van der Waals surface area contributed by atoms with Crippen LogP contribution in [0.15, 0.2) is 30.3 Å². The highest BCUT2D eigenvalue weighted by Gasteiger charge is 2.30. The van der Waals surface area contributed by atoms with Gasteiger partial charge in [-0.2, -0.15) is 0 Å². The third-order valence-corrected chi connectivity index (χ3v) is 3.30. The summed E-state index contributed by atoms with van der Waals surface area (Å²) in [4.78, 5) is 11.8. The average Bonchev–Trinajstić information content (AvgIpc) is 2.83. The number of hydrogen-bond acceptors (Lipinski definition) is 3. The largest absolute Gasteiger partial charge is 0.387 e. The van der Waals surface area contributed by atoms with Gasteiger partial charge in [0.15, 0.2) is 0 Å². The molecule has 3 unspecified atom stereocenters. The maximum atomic E-state index is 11.8. The molecule has 1 heterocycles. The van der Waals surface area contributed by atoms with E-state index < -0.39 is 6.10 Å². The van der Waals surface area contributed by atoms with Gasteiger partial charge in [-0.05, 0) is 17.9 Å². The number of nitrogens with one attached hydrogen (secondary N) is 1. The van der Waals surface area contributed by atoms with Gasteiger partial charge in [0.2, 0.25) is 5.91 Å². The molecule has 98 valence electrons. The predicted octanol–water partition coefficient (Wildman–Crippen LogP) is 1.26. The second-order valence-electron chi connectivity index (χ2n) is 4.73. The first-order valence-corrected chi connectivity index (χ1v) is 6.31. The van der Waals surface area contributed by atoms with Gasteiger partial charge in [0.1, 0.15) is 6.10 Å². The van der Waals surface area contributed by atoms with Gasteiger partial charge < -0.3 is 15.2 Å². The van der Waals surface area contributed by atoms with Crippen molar-refractivity contribution in [2.45, 2.75) is 25.6 Å². The highest BCUT2D eigenvalue weighted by atomic mass is 16.5. The number of ether oxygens (including phenoxy) is 1. The molecule has 1 aromatic rings. The summed E-state index contributed by atoms with van der Waals surface area (Å²) in [5.74, 6) is 0.119. The third-order valence-electron chi connectivity index (χ3n) is 3.30. The number of benzene rings is 1. The summed E-state index contributed by atoms with van der Waals surface area (Å²) in [7, 11) is 0. The summed E-state index contributed by atoms with van der Waals surface area (Å²) >= 11 is 0. The number of aliphatic hydroxyl groups excluding tert-OH is 1. The number of amides is 1. The molecule has 4 heteroatoms. The minimum absolute atomic E-state index is 0.130. The first-order valence-electron chi connectivity index (χ1n) is 6.31. The van der Waals surface area contributed by atoms with E-state index in [9.17, 15) is 9.90 Å². The van der Waals surface area contributed by atoms with Gasteiger partial charge in [0.25, 0.3) is 0 Å². The molecule has 1 aliphatic rings. The molecule has 1 aliphatic heterocycles. The topological polar surface area (TPSA) is 58.6 Å². The van der Waals surface area contributed by atoms with Crippen molar-refractivity contribution in [3.8, 4) is 0 Å². The van der Waals surface area contributed by atoms with Crippen LogP contribution >= 0.6 is 0 Å². The second-order valence-corrected chi connectivity index (χ2v) is 4.73. The van der Waals surface area contributed by atoms with E-state index in [0.717, 1.165) is 12.0 Å². The Hall–Kier alpha value is -1.39. The van der Waals surface area contributed by atoms with E-state index in [1.165, 1.54) is 0 Å². The monoisotopic (exact) mass is 249 g/mol. The maximum Gasteiger partial charge on any atom is 0.249 e. The van der Waals surface area contributed by atoms with Crippen molar-refractivity contribution < 1.29 is 14.6 Å². The Morgan fingerprint density at radius 1 is 1.50 bits per heavy atom. The Kier molecular flexibility index (Phi) is 4.33. The summed E-state index contributed by atoms with van der Waals surface area (Å²) in [6, 6.07) is 9.30. The summed E-state index contributed by atoms with van der Waals surface area (Å²) in [5.41, 5.74) is 0.804. The summed E-state index contributed by atoms with van der Waals surface area (Å²) < 4.78 is 5.37. The van der Waals surface area contributed by atoms with Crippen molar-refractivity contribution in [1.82, 2.24) is 5.32 Å². The van der Waals surface area contributed by atoms with Crippen molar-refractivity contribution in [1.29, 1.82) is 0 Å². The zero-order valence-corrected chi connectivity index (χ0v) is 10.5. The van der Waals surface area contributed by atoms with Crippen LogP contribution in [0.2, 0.25) is 0 Å². The quantitative estimate of drug-likeness (QED) is 0.844. The first-order chi connectivity index (χ1) is 8.68. The molecule has 0 aliphatic carbocycles. The molecule has 4 nitrogen and oxygen atoms in total. The van der Waals surface area contributed by atoms with Crippen molar-refractivity contribution in [2.75, 3.05) is 13.2 Å². The number of carbonyl (C=O) groups is 1. The zero-order valence-electron chi connectivity index (χ0n) is 10.5. The molecule has 0 bridgehead atoms. The van der Waals surface area contributed by atoms with Crippen LogP contribution in [0.3, 0.4) is 0 Å². The molecule has 0 aromatic heterocycles. The van der Waals surface area contributed by atoms with Gasteiger partial charge >= 0.3 is 0 Å². The van der Waals surface area contributed by atoms with E-state index in [2.05, 4.69) is 5.32 Å². The molecule has 0 radical (unpaired) electrons. The number of hydrogen-bond donors (Lipinski definition) is 2.